The molecular formula is C12H9F3N2O2S. The standard InChI is InChI=1S/C12H9F3N2O2S/c13-7-1-3-9(14)12(5-7)17-20(18,19)8-2-4-11(16)10(15)6-8/h1-6,17H,16H2. The summed E-state index contributed by atoms with van der Waals surface area (Å²) in [6.07, 6.45) is 0. The number of benzene rings is 2. The lowest BCUT2D eigenvalue weighted by Gasteiger charge is -2.09. The molecule has 0 aliphatic carbocycles. The van der Waals surface area contributed by atoms with Crippen LogP contribution in [0.3, 0.4) is 0 Å². The molecule has 0 unspecified atom stereocenters. The number of sulfonamides is 1. The van der Waals surface area contributed by atoms with Crippen molar-refractivity contribution in [3.8, 4) is 0 Å². The quantitative estimate of drug-likeness (QED) is 0.856. The lowest BCUT2D eigenvalue weighted by atomic mass is 10.3. The van der Waals surface area contributed by atoms with E-state index in [0.29, 0.717) is 12.1 Å². The second-order valence-electron chi connectivity index (χ2n) is 3.91. The molecule has 0 radical (unpaired) electrons. The Morgan fingerprint density at radius 1 is 0.950 bits per heavy atom. The predicted octanol–water partition coefficient (Wildman–Crippen LogP) is 2.49. The van der Waals surface area contributed by atoms with E-state index in [0.717, 1.165) is 24.3 Å². The molecule has 0 aliphatic heterocycles. The van der Waals surface area contributed by atoms with Crippen molar-refractivity contribution in [3.63, 3.8) is 0 Å². The summed E-state index contributed by atoms with van der Waals surface area (Å²) in [6.45, 7) is 0. The van der Waals surface area contributed by atoms with Crippen molar-refractivity contribution in [2.24, 2.45) is 0 Å². The molecule has 0 saturated heterocycles. The van der Waals surface area contributed by atoms with E-state index in [9.17, 15) is 21.6 Å². The maximum Gasteiger partial charge on any atom is 0.262 e. The van der Waals surface area contributed by atoms with Crippen LogP contribution in [-0.2, 0) is 10.0 Å². The Kier molecular flexibility index (Phi) is 3.58. The molecule has 0 atom stereocenters. The van der Waals surface area contributed by atoms with Gasteiger partial charge in [-0.3, -0.25) is 4.72 Å². The molecule has 8 heteroatoms. The summed E-state index contributed by atoms with van der Waals surface area (Å²) in [5, 5.41) is 0. The van der Waals surface area contributed by atoms with Crippen LogP contribution in [0.15, 0.2) is 41.3 Å². The third-order valence-electron chi connectivity index (χ3n) is 2.45. The summed E-state index contributed by atoms with van der Waals surface area (Å²) in [5.41, 5.74) is 4.44. The highest BCUT2D eigenvalue weighted by Crippen LogP contribution is 2.22. The van der Waals surface area contributed by atoms with Crippen LogP contribution in [0.25, 0.3) is 0 Å². The fraction of sp³-hybridized carbons (Fsp3) is 0. The summed E-state index contributed by atoms with van der Waals surface area (Å²) >= 11 is 0. The van der Waals surface area contributed by atoms with E-state index in [1.54, 1.807) is 0 Å². The SMILES string of the molecule is Nc1ccc(S(=O)(=O)Nc2cc(F)ccc2F)cc1F. The van der Waals surface area contributed by atoms with E-state index in [4.69, 9.17) is 5.73 Å². The zero-order chi connectivity index (χ0) is 14.9. The van der Waals surface area contributed by atoms with Gasteiger partial charge in [-0.05, 0) is 30.3 Å². The third-order valence-corrected chi connectivity index (χ3v) is 3.82. The van der Waals surface area contributed by atoms with Gasteiger partial charge in [0.15, 0.2) is 0 Å². The second-order valence-corrected chi connectivity index (χ2v) is 5.60. The molecule has 0 aromatic heterocycles. The summed E-state index contributed by atoms with van der Waals surface area (Å²) < 4.78 is 65.3. The average Bonchev–Trinajstić information content (AvgIpc) is 2.36. The van der Waals surface area contributed by atoms with E-state index >= 15 is 0 Å². The van der Waals surface area contributed by atoms with Crippen molar-refractivity contribution in [2.45, 2.75) is 4.90 Å². The normalized spacial score (nSPS) is 11.3. The van der Waals surface area contributed by atoms with Crippen molar-refractivity contribution in [3.05, 3.63) is 53.8 Å². The van der Waals surface area contributed by atoms with Gasteiger partial charge in [0.25, 0.3) is 10.0 Å². The van der Waals surface area contributed by atoms with Gasteiger partial charge < -0.3 is 5.73 Å². The van der Waals surface area contributed by atoms with Gasteiger partial charge in [0.2, 0.25) is 0 Å². The first-order valence-corrected chi connectivity index (χ1v) is 6.81. The fourth-order valence-corrected chi connectivity index (χ4v) is 2.52. The van der Waals surface area contributed by atoms with Gasteiger partial charge >= 0.3 is 0 Å². The van der Waals surface area contributed by atoms with Gasteiger partial charge in [0.1, 0.15) is 17.5 Å². The third kappa shape index (κ3) is 2.85. The second kappa shape index (κ2) is 5.04. The summed E-state index contributed by atoms with van der Waals surface area (Å²) in [7, 11) is -4.24. The van der Waals surface area contributed by atoms with Crippen molar-refractivity contribution in [2.75, 3.05) is 10.5 Å². The summed E-state index contributed by atoms with van der Waals surface area (Å²) in [5.74, 6) is -2.69. The first kappa shape index (κ1) is 14.2. The molecule has 20 heavy (non-hydrogen) atoms. The number of nitrogens with two attached hydrogens (primary N) is 1. The van der Waals surface area contributed by atoms with E-state index in [-0.39, 0.29) is 5.69 Å². The highest BCUT2D eigenvalue weighted by molar-refractivity contribution is 7.92. The predicted molar refractivity (Wildman–Crippen MR) is 68.0 cm³/mol. The topological polar surface area (TPSA) is 72.2 Å². The van der Waals surface area contributed by atoms with E-state index in [1.807, 2.05) is 4.72 Å². The number of halogens is 3. The van der Waals surface area contributed by atoms with Crippen molar-refractivity contribution in [1.29, 1.82) is 0 Å². The molecule has 0 saturated carbocycles. The highest BCUT2D eigenvalue weighted by Gasteiger charge is 2.18. The van der Waals surface area contributed by atoms with Gasteiger partial charge in [0.05, 0.1) is 16.3 Å². The molecule has 2 rings (SSSR count). The molecule has 4 nitrogen and oxygen atoms in total. The van der Waals surface area contributed by atoms with E-state index in [1.165, 1.54) is 0 Å². The van der Waals surface area contributed by atoms with Crippen LogP contribution in [0.4, 0.5) is 24.5 Å². The molecule has 0 aliphatic rings. The number of nitrogen functional groups attached to an aromatic ring is 1. The monoisotopic (exact) mass is 302 g/mol. The Morgan fingerprint density at radius 2 is 1.65 bits per heavy atom. The number of anilines is 2. The maximum atomic E-state index is 13.4. The lowest BCUT2D eigenvalue weighted by Crippen LogP contribution is -2.14. The Morgan fingerprint density at radius 3 is 2.30 bits per heavy atom. The summed E-state index contributed by atoms with van der Waals surface area (Å²) in [6, 6.07) is 5.10. The zero-order valence-corrected chi connectivity index (χ0v) is 10.7. The first-order chi connectivity index (χ1) is 9.29. The molecule has 0 fully saturated rings. The van der Waals surface area contributed by atoms with Crippen molar-refractivity contribution in [1.82, 2.24) is 0 Å². The van der Waals surface area contributed by atoms with Crippen LogP contribution >= 0.6 is 0 Å². The van der Waals surface area contributed by atoms with Gasteiger partial charge in [-0.1, -0.05) is 0 Å². The largest absolute Gasteiger partial charge is 0.396 e. The van der Waals surface area contributed by atoms with Gasteiger partial charge in [-0.15, -0.1) is 0 Å². The van der Waals surface area contributed by atoms with E-state index < -0.39 is 38.1 Å². The minimum Gasteiger partial charge on any atom is -0.396 e. The molecule has 2 aromatic rings. The Balaban J connectivity index is 2.40. The van der Waals surface area contributed by atoms with Crippen molar-refractivity contribution < 1.29 is 21.6 Å². The number of hydrogen-bond acceptors (Lipinski definition) is 3. The smallest absolute Gasteiger partial charge is 0.262 e. The Labute approximate surface area is 113 Å². The van der Waals surface area contributed by atoms with Crippen LogP contribution in [0, 0.1) is 17.5 Å². The minimum absolute atomic E-state index is 0.221. The molecule has 3 N–H and O–H groups in total. The maximum absolute atomic E-state index is 13.4. The zero-order valence-electron chi connectivity index (χ0n) is 9.90. The van der Waals surface area contributed by atoms with Gasteiger partial charge in [-0.2, -0.15) is 0 Å². The minimum atomic E-state index is -4.24. The van der Waals surface area contributed by atoms with E-state index in [2.05, 4.69) is 0 Å². The van der Waals surface area contributed by atoms with Gasteiger partial charge in [-0.25, -0.2) is 21.6 Å². The molecular weight excluding hydrogens is 293 g/mol. The van der Waals surface area contributed by atoms with Crippen LogP contribution in [0.2, 0.25) is 0 Å². The van der Waals surface area contributed by atoms with Crippen LogP contribution in [0.1, 0.15) is 0 Å². The summed E-state index contributed by atoms with van der Waals surface area (Å²) in [4.78, 5) is -0.451. The molecule has 2 aromatic carbocycles. The fourth-order valence-electron chi connectivity index (χ4n) is 1.45. The molecule has 0 spiro atoms. The number of nitrogens with one attached hydrogen (secondary N) is 1. The molecule has 106 valence electrons. The van der Waals surface area contributed by atoms with Crippen LogP contribution < -0.4 is 10.5 Å². The highest BCUT2D eigenvalue weighted by atomic mass is 32.2. The number of rotatable bonds is 3. The van der Waals surface area contributed by atoms with Gasteiger partial charge in [0, 0.05) is 6.07 Å². The van der Waals surface area contributed by atoms with Crippen LogP contribution in [-0.4, -0.2) is 8.42 Å². The average molecular weight is 302 g/mol. The molecule has 0 amide bonds. The Hall–Kier alpha value is -2.22. The lowest BCUT2D eigenvalue weighted by molar-refractivity contribution is 0.591. The van der Waals surface area contributed by atoms with Crippen molar-refractivity contribution >= 4 is 21.4 Å². The number of hydrogen-bond donors (Lipinski definition) is 2. The molecule has 0 heterocycles. The van der Waals surface area contributed by atoms with Crippen LogP contribution in [0.5, 0.6) is 0 Å². The first-order valence-electron chi connectivity index (χ1n) is 5.32. The Bertz CT molecular complexity index is 763. The molecule has 0 bridgehead atoms.